The first-order valence-electron chi connectivity index (χ1n) is 8.09. The van der Waals surface area contributed by atoms with Crippen molar-refractivity contribution in [2.24, 2.45) is 0 Å². The summed E-state index contributed by atoms with van der Waals surface area (Å²) in [7, 11) is 0. The second-order valence-corrected chi connectivity index (χ2v) is 5.66. The molecule has 3 rings (SSSR count). The Kier molecular flexibility index (Phi) is 4.47. The molecular weight excluding hydrogens is 286 g/mol. The van der Waals surface area contributed by atoms with Crippen LogP contribution in [-0.4, -0.2) is 10.1 Å². The summed E-state index contributed by atoms with van der Waals surface area (Å²) in [5, 5.41) is 10.8. The first kappa shape index (κ1) is 15.3. The van der Waals surface area contributed by atoms with Gasteiger partial charge < -0.3 is 9.84 Å². The molecule has 0 radical (unpaired) electrons. The lowest BCUT2D eigenvalue weighted by Crippen LogP contribution is -1.90. The number of fused-ring (bicyclic) bond motifs is 1. The van der Waals surface area contributed by atoms with E-state index in [2.05, 4.69) is 24.0 Å². The first-order chi connectivity index (χ1) is 11.2. The van der Waals surface area contributed by atoms with Gasteiger partial charge in [0.1, 0.15) is 17.2 Å². The van der Waals surface area contributed by atoms with Gasteiger partial charge in [0, 0.05) is 5.39 Å². The Bertz CT molecular complexity index is 810. The molecule has 0 amide bonds. The SMILES string of the molecule is CCCc1ccc(Oc2ccc3nc(CC)c(O)cc3c2)cc1. The predicted molar refractivity (Wildman–Crippen MR) is 93.3 cm³/mol. The van der Waals surface area contributed by atoms with Gasteiger partial charge in [0.25, 0.3) is 0 Å². The van der Waals surface area contributed by atoms with Crippen molar-refractivity contribution < 1.29 is 9.84 Å². The zero-order valence-electron chi connectivity index (χ0n) is 13.5. The van der Waals surface area contributed by atoms with Crippen LogP contribution in [0.15, 0.2) is 48.5 Å². The zero-order valence-corrected chi connectivity index (χ0v) is 13.5. The molecule has 23 heavy (non-hydrogen) atoms. The number of hydrogen-bond donors (Lipinski definition) is 1. The number of rotatable bonds is 5. The van der Waals surface area contributed by atoms with E-state index in [0.717, 1.165) is 40.9 Å². The Balaban J connectivity index is 1.85. The molecule has 1 N–H and O–H groups in total. The van der Waals surface area contributed by atoms with E-state index in [1.165, 1.54) is 5.56 Å². The van der Waals surface area contributed by atoms with Crippen LogP contribution in [-0.2, 0) is 12.8 Å². The van der Waals surface area contributed by atoms with Gasteiger partial charge in [-0.3, -0.25) is 0 Å². The second-order valence-electron chi connectivity index (χ2n) is 5.66. The monoisotopic (exact) mass is 307 g/mol. The Hall–Kier alpha value is -2.55. The van der Waals surface area contributed by atoms with E-state index in [1.54, 1.807) is 6.07 Å². The van der Waals surface area contributed by atoms with Crippen LogP contribution in [0.2, 0.25) is 0 Å². The number of aromatic nitrogens is 1. The van der Waals surface area contributed by atoms with Gasteiger partial charge in [0.2, 0.25) is 0 Å². The molecule has 0 saturated carbocycles. The average molecular weight is 307 g/mol. The predicted octanol–water partition coefficient (Wildman–Crippen LogP) is 5.25. The standard InChI is InChI=1S/C20H21NO2/c1-3-5-14-6-8-16(9-7-14)23-17-10-11-19-15(12-17)13-20(22)18(4-2)21-19/h6-13,22H,3-5H2,1-2H3. The maximum absolute atomic E-state index is 9.97. The third kappa shape index (κ3) is 3.45. The van der Waals surface area contributed by atoms with Crippen molar-refractivity contribution in [3.8, 4) is 17.2 Å². The number of pyridine rings is 1. The summed E-state index contributed by atoms with van der Waals surface area (Å²) in [5.74, 6) is 1.79. The fourth-order valence-corrected chi connectivity index (χ4v) is 2.66. The Labute approximate surface area is 136 Å². The summed E-state index contributed by atoms with van der Waals surface area (Å²) in [6, 6.07) is 15.7. The van der Waals surface area contributed by atoms with E-state index >= 15 is 0 Å². The lowest BCUT2D eigenvalue weighted by molar-refractivity contribution is 0.466. The summed E-state index contributed by atoms with van der Waals surface area (Å²) in [5.41, 5.74) is 2.91. The van der Waals surface area contributed by atoms with Gasteiger partial charge in [-0.25, -0.2) is 4.98 Å². The highest BCUT2D eigenvalue weighted by molar-refractivity contribution is 5.82. The molecule has 1 heterocycles. The highest BCUT2D eigenvalue weighted by Gasteiger charge is 2.06. The highest BCUT2D eigenvalue weighted by atomic mass is 16.5. The number of hydrogen-bond acceptors (Lipinski definition) is 3. The van der Waals surface area contributed by atoms with Crippen LogP contribution >= 0.6 is 0 Å². The number of benzene rings is 2. The maximum Gasteiger partial charge on any atom is 0.137 e. The van der Waals surface area contributed by atoms with Gasteiger partial charge in [-0.05, 0) is 54.8 Å². The summed E-state index contributed by atoms with van der Waals surface area (Å²) in [6.45, 7) is 4.15. The Morgan fingerprint density at radius 2 is 1.70 bits per heavy atom. The molecule has 0 aliphatic heterocycles. The van der Waals surface area contributed by atoms with E-state index < -0.39 is 0 Å². The minimum Gasteiger partial charge on any atom is -0.506 e. The molecule has 3 heteroatoms. The Morgan fingerprint density at radius 1 is 0.957 bits per heavy atom. The minimum absolute atomic E-state index is 0.237. The fourth-order valence-electron chi connectivity index (χ4n) is 2.66. The Morgan fingerprint density at radius 3 is 2.39 bits per heavy atom. The molecule has 3 aromatic rings. The van der Waals surface area contributed by atoms with Crippen LogP contribution < -0.4 is 4.74 Å². The van der Waals surface area contributed by atoms with Crippen molar-refractivity contribution in [2.75, 3.05) is 0 Å². The average Bonchev–Trinajstić information content (AvgIpc) is 2.56. The van der Waals surface area contributed by atoms with Crippen LogP contribution in [0.4, 0.5) is 0 Å². The molecule has 0 bridgehead atoms. The molecule has 0 saturated heterocycles. The van der Waals surface area contributed by atoms with Crippen LogP contribution in [0.1, 0.15) is 31.5 Å². The van der Waals surface area contributed by atoms with Crippen molar-refractivity contribution in [2.45, 2.75) is 33.1 Å². The van der Waals surface area contributed by atoms with Gasteiger partial charge in [0.05, 0.1) is 11.2 Å². The molecule has 0 aliphatic carbocycles. The molecule has 1 aromatic heterocycles. The highest BCUT2D eigenvalue weighted by Crippen LogP contribution is 2.28. The summed E-state index contributed by atoms with van der Waals surface area (Å²) >= 11 is 0. The van der Waals surface area contributed by atoms with Gasteiger partial charge in [0.15, 0.2) is 0 Å². The topological polar surface area (TPSA) is 42.4 Å². The molecule has 0 fully saturated rings. The summed E-state index contributed by atoms with van der Waals surface area (Å²) in [4.78, 5) is 4.47. The van der Waals surface area contributed by atoms with E-state index in [-0.39, 0.29) is 5.75 Å². The molecule has 118 valence electrons. The first-order valence-corrected chi connectivity index (χ1v) is 8.09. The molecule has 0 spiro atoms. The lowest BCUT2D eigenvalue weighted by Gasteiger charge is -2.09. The van der Waals surface area contributed by atoms with E-state index in [4.69, 9.17) is 4.74 Å². The van der Waals surface area contributed by atoms with Crippen molar-refractivity contribution in [1.29, 1.82) is 0 Å². The third-order valence-corrected chi connectivity index (χ3v) is 3.87. The van der Waals surface area contributed by atoms with Gasteiger partial charge in [-0.15, -0.1) is 0 Å². The van der Waals surface area contributed by atoms with Crippen molar-refractivity contribution in [1.82, 2.24) is 4.98 Å². The fraction of sp³-hybridized carbons (Fsp3) is 0.250. The maximum atomic E-state index is 9.97. The lowest BCUT2D eigenvalue weighted by atomic mass is 10.1. The quantitative estimate of drug-likeness (QED) is 0.700. The zero-order chi connectivity index (χ0) is 16.2. The number of ether oxygens (including phenoxy) is 1. The number of aromatic hydroxyl groups is 1. The number of nitrogens with zero attached hydrogens (tertiary/aromatic N) is 1. The molecule has 0 aliphatic rings. The van der Waals surface area contributed by atoms with Crippen LogP contribution in [0.3, 0.4) is 0 Å². The van der Waals surface area contributed by atoms with Crippen LogP contribution in [0.5, 0.6) is 17.2 Å². The summed E-state index contributed by atoms with van der Waals surface area (Å²) in [6.07, 6.45) is 2.94. The van der Waals surface area contributed by atoms with Crippen molar-refractivity contribution in [3.63, 3.8) is 0 Å². The van der Waals surface area contributed by atoms with Gasteiger partial charge in [-0.1, -0.05) is 32.4 Å². The molecular formula is C20H21NO2. The molecule has 0 unspecified atom stereocenters. The smallest absolute Gasteiger partial charge is 0.137 e. The van der Waals surface area contributed by atoms with E-state index in [1.807, 2.05) is 37.3 Å². The molecule has 0 atom stereocenters. The third-order valence-electron chi connectivity index (χ3n) is 3.87. The molecule has 3 nitrogen and oxygen atoms in total. The van der Waals surface area contributed by atoms with Crippen molar-refractivity contribution in [3.05, 3.63) is 59.8 Å². The largest absolute Gasteiger partial charge is 0.506 e. The van der Waals surface area contributed by atoms with Gasteiger partial charge in [-0.2, -0.15) is 0 Å². The van der Waals surface area contributed by atoms with E-state index in [9.17, 15) is 5.11 Å². The van der Waals surface area contributed by atoms with Crippen LogP contribution in [0.25, 0.3) is 10.9 Å². The normalized spacial score (nSPS) is 10.9. The number of aryl methyl sites for hydroxylation is 2. The second kappa shape index (κ2) is 6.69. The summed E-state index contributed by atoms with van der Waals surface area (Å²) < 4.78 is 5.91. The van der Waals surface area contributed by atoms with E-state index in [0.29, 0.717) is 6.42 Å². The van der Waals surface area contributed by atoms with Crippen molar-refractivity contribution >= 4 is 10.9 Å². The minimum atomic E-state index is 0.237. The van der Waals surface area contributed by atoms with Crippen LogP contribution in [0, 0.1) is 0 Å². The van der Waals surface area contributed by atoms with Gasteiger partial charge >= 0.3 is 0 Å². The molecule has 2 aromatic carbocycles.